The lowest BCUT2D eigenvalue weighted by molar-refractivity contribution is -0.384. The molecule has 4 N–H and O–H groups in total. The van der Waals surface area contributed by atoms with Crippen LogP contribution in [-0.2, 0) is 12.4 Å². The third kappa shape index (κ3) is 9.04. The van der Waals surface area contributed by atoms with Crippen molar-refractivity contribution in [2.24, 2.45) is 0 Å². The number of carbonyl (C=O) groups excluding carboxylic acids is 2. The van der Waals surface area contributed by atoms with Gasteiger partial charge in [-0.05, 0) is 68.4 Å². The van der Waals surface area contributed by atoms with E-state index in [0.29, 0.717) is 16.8 Å². The number of halogens is 8. The summed E-state index contributed by atoms with van der Waals surface area (Å²) in [5.41, 5.74) is 3.61. The van der Waals surface area contributed by atoms with Crippen molar-refractivity contribution in [2.75, 3.05) is 16.4 Å². The molecule has 0 aliphatic carbocycles. The molecule has 0 aliphatic heterocycles. The minimum Gasteiger partial charge on any atom is -0.397 e. The molecule has 2 aromatic heterocycles. The number of hydrogen-bond donors (Lipinski definition) is 3. The summed E-state index contributed by atoms with van der Waals surface area (Å²) >= 11 is 11.4. The fraction of sp³-hybridized carbons (Fsp3) is 0.143. The van der Waals surface area contributed by atoms with Crippen LogP contribution in [0.25, 0.3) is 0 Å². The fourth-order valence-electron chi connectivity index (χ4n) is 3.67. The van der Waals surface area contributed by atoms with E-state index in [4.69, 9.17) is 28.9 Å². The number of amides is 2. The molecule has 18 heteroatoms. The van der Waals surface area contributed by atoms with Crippen molar-refractivity contribution in [3.05, 3.63) is 115 Å². The predicted octanol–water partition coefficient (Wildman–Crippen LogP) is 8.12. The van der Waals surface area contributed by atoms with Crippen LogP contribution in [0.4, 0.5) is 49.1 Å². The first-order valence-electron chi connectivity index (χ1n) is 12.5. The van der Waals surface area contributed by atoms with Gasteiger partial charge in [-0.2, -0.15) is 26.3 Å². The summed E-state index contributed by atoms with van der Waals surface area (Å²) in [4.78, 5) is 41.1. The van der Waals surface area contributed by atoms with Crippen molar-refractivity contribution in [2.45, 2.75) is 26.2 Å². The Kier molecular flexibility index (Phi) is 10.8. The molecule has 0 aliphatic rings. The summed E-state index contributed by atoms with van der Waals surface area (Å²) in [5.74, 6) is -1.33. The van der Waals surface area contributed by atoms with Gasteiger partial charge in [0.2, 0.25) is 0 Å². The molecule has 2 amide bonds. The quantitative estimate of drug-likeness (QED) is 0.0828. The number of alkyl halides is 6. The number of carbonyl (C=O) groups is 2. The van der Waals surface area contributed by atoms with Gasteiger partial charge in [0, 0.05) is 17.4 Å². The molecule has 4 aromatic rings. The summed E-state index contributed by atoms with van der Waals surface area (Å²) in [5, 5.41) is 15.9. The van der Waals surface area contributed by atoms with Gasteiger partial charge in [0.25, 0.3) is 17.5 Å². The average molecular weight is 689 g/mol. The Morgan fingerprint density at radius 2 is 1.15 bits per heavy atom. The lowest BCUT2D eigenvalue weighted by Gasteiger charge is -2.11. The van der Waals surface area contributed by atoms with E-state index < -0.39 is 46.2 Å². The number of anilines is 3. The molecule has 4 rings (SSSR count). The smallest absolute Gasteiger partial charge is 0.397 e. The van der Waals surface area contributed by atoms with Gasteiger partial charge in [0.15, 0.2) is 0 Å². The van der Waals surface area contributed by atoms with Crippen LogP contribution in [0.1, 0.15) is 43.5 Å². The van der Waals surface area contributed by atoms with Crippen LogP contribution in [0, 0.1) is 24.0 Å². The Morgan fingerprint density at radius 3 is 1.52 bits per heavy atom. The van der Waals surface area contributed by atoms with Crippen LogP contribution in [0.15, 0.2) is 60.7 Å². The lowest BCUT2D eigenvalue weighted by Crippen LogP contribution is -2.16. The molecule has 0 bridgehead atoms. The maximum Gasteiger partial charge on any atom is 0.433 e. The first-order valence-corrected chi connectivity index (χ1v) is 13.2. The van der Waals surface area contributed by atoms with Gasteiger partial charge in [0.1, 0.15) is 16.4 Å². The molecule has 0 saturated carbocycles. The highest BCUT2D eigenvalue weighted by Gasteiger charge is 2.34. The summed E-state index contributed by atoms with van der Waals surface area (Å²) in [6.45, 7) is 2.59. The molecule has 242 valence electrons. The van der Waals surface area contributed by atoms with Gasteiger partial charge in [0.05, 0.1) is 38.1 Å². The minimum atomic E-state index is -4.61. The van der Waals surface area contributed by atoms with Crippen LogP contribution in [0.5, 0.6) is 0 Å². The zero-order valence-electron chi connectivity index (χ0n) is 23.3. The third-order valence-electron chi connectivity index (χ3n) is 5.90. The monoisotopic (exact) mass is 688 g/mol. The Bertz CT molecular complexity index is 1820. The highest BCUT2D eigenvalue weighted by molar-refractivity contribution is 6.33. The molecular formula is C28H20Cl2F6N6O4. The first-order chi connectivity index (χ1) is 21.3. The van der Waals surface area contributed by atoms with Crippen molar-refractivity contribution in [1.29, 1.82) is 0 Å². The van der Waals surface area contributed by atoms with Crippen molar-refractivity contribution < 1.29 is 40.9 Å². The van der Waals surface area contributed by atoms with Crippen molar-refractivity contribution in [3.63, 3.8) is 0 Å². The van der Waals surface area contributed by atoms with Crippen molar-refractivity contribution in [3.8, 4) is 0 Å². The number of nitro groups is 1. The molecular weight excluding hydrogens is 669 g/mol. The number of nitrogens with one attached hydrogen (secondary N) is 2. The van der Waals surface area contributed by atoms with Crippen molar-refractivity contribution >= 4 is 57.8 Å². The molecule has 0 radical (unpaired) electrons. The Balaban J connectivity index is 0.000000251. The van der Waals surface area contributed by atoms with E-state index in [1.54, 1.807) is 0 Å². The van der Waals surface area contributed by atoms with E-state index in [9.17, 15) is 46.0 Å². The second kappa shape index (κ2) is 14.0. The fourth-order valence-corrected chi connectivity index (χ4v) is 3.97. The molecule has 0 fully saturated rings. The maximum atomic E-state index is 12.6. The number of nitro benzene ring substituents is 1. The number of nitrogen functional groups attached to an aromatic ring is 1. The highest BCUT2D eigenvalue weighted by Crippen LogP contribution is 2.31. The number of nitrogens with zero attached hydrogens (tertiary/aromatic N) is 3. The standard InChI is InChI=1S/C14H9ClF3N3O3.C14H11ClF3N3O/c1-7-9(3-5-12(19-7)14(16,17)18)13(22)20-8-2-4-10(15)11(6-8)21(23)24;1-7-9(3-5-12(20-7)14(16,17)18)13(22)21-8-2-4-10(15)11(19)6-8/h2-6H,1H3,(H,20,22);2-6H,19H2,1H3,(H,21,22). The number of benzene rings is 2. The predicted molar refractivity (Wildman–Crippen MR) is 158 cm³/mol. The van der Waals surface area contributed by atoms with Gasteiger partial charge >= 0.3 is 12.4 Å². The number of nitrogens with two attached hydrogens (primary N) is 1. The number of aromatic nitrogens is 2. The zero-order valence-corrected chi connectivity index (χ0v) is 24.9. The minimum absolute atomic E-state index is 0.0192. The SMILES string of the molecule is Cc1nc(C(F)(F)F)ccc1C(=O)Nc1ccc(Cl)c(N)c1.Cc1nc(C(F)(F)F)ccc1C(=O)Nc1ccc(Cl)c([N+](=O)[O-])c1. The van der Waals surface area contributed by atoms with Gasteiger partial charge in [-0.3, -0.25) is 19.7 Å². The van der Waals surface area contributed by atoms with Crippen LogP contribution in [0.2, 0.25) is 10.0 Å². The van der Waals surface area contributed by atoms with Gasteiger partial charge in [-0.1, -0.05) is 23.2 Å². The topological polar surface area (TPSA) is 153 Å². The van der Waals surface area contributed by atoms with Crippen LogP contribution in [0.3, 0.4) is 0 Å². The average Bonchev–Trinajstić information content (AvgIpc) is 2.95. The second-order valence-electron chi connectivity index (χ2n) is 9.22. The number of hydrogen-bond acceptors (Lipinski definition) is 7. The molecule has 0 unspecified atom stereocenters. The van der Waals surface area contributed by atoms with E-state index in [0.717, 1.165) is 24.3 Å². The first kappa shape index (κ1) is 35.5. The Labute approximate surface area is 265 Å². The van der Waals surface area contributed by atoms with Crippen LogP contribution >= 0.6 is 23.2 Å². The normalized spacial score (nSPS) is 11.3. The van der Waals surface area contributed by atoms with Crippen LogP contribution in [-0.4, -0.2) is 26.7 Å². The molecule has 46 heavy (non-hydrogen) atoms. The number of rotatable bonds is 5. The van der Waals surface area contributed by atoms with Gasteiger partial charge in [-0.25, -0.2) is 9.97 Å². The zero-order chi connectivity index (χ0) is 34.6. The summed E-state index contributed by atoms with van der Waals surface area (Å²) in [6, 6.07) is 11.6. The Hall–Kier alpha value is -4.96. The highest BCUT2D eigenvalue weighted by atomic mass is 35.5. The summed E-state index contributed by atoms with van der Waals surface area (Å²) in [6.07, 6.45) is -9.17. The molecule has 0 saturated heterocycles. The summed E-state index contributed by atoms with van der Waals surface area (Å²) in [7, 11) is 0. The number of pyridine rings is 2. The van der Waals surface area contributed by atoms with E-state index in [1.807, 2.05) is 0 Å². The maximum absolute atomic E-state index is 12.6. The molecule has 0 spiro atoms. The molecule has 2 aromatic carbocycles. The van der Waals surface area contributed by atoms with E-state index >= 15 is 0 Å². The van der Waals surface area contributed by atoms with E-state index in [2.05, 4.69) is 20.6 Å². The van der Waals surface area contributed by atoms with Crippen LogP contribution < -0.4 is 16.4 Å². The number of aryl methyl sites for hydroxylation is 2. The van der Waals surface area contributed by atoms with Gasteiger partial charge < -0.3 is 16.4 Å². The summed E-state index contributed by atoms with van der Waals surface area (Å²) < 4.78 is 75.3. The third-order valence-corrected chi connectivity index (χ3v) is 6.56. The van der Waals surface area contributed by atoms with Crippen molar-refractivity contribution in [1.82, 2.24) is 9.97 Å². The molecule has 2 heterocycles. The lowest BCUT2D eigenvalue weighted by atomic mass is 10.1. The molecule has 10 nitrogen and oxygen atoms in total. The van der Waals surface area contributed by atoms with E-state index in [1.165, 1.54) is 44.2 Å². The Morgan fingerprint density at radius 1 is 0.739 bits per heavy atom. The largest absolute Gasteiger partial charge is 0.433 e. The van der Waals surface area contributed by atoms with Gasteiger partial charge in [-0.15, -0.1) is 0 Å². The van der Waals surface area contributed by atoms with E-state index in [-0.39, 0.29) is 38.9 Å². The second-order valence-corrected chi connectivity index (χ2v) is 10.0. The molecule has 0 atom stereocenters.